The van der Waals surface area contributed by atoms with Gasteiger partial charge >= 0.3 is 0 Å². The number of amides is 1. The quantitative estimate of drug-likeness (QED) is 0.553. The van der Waals surface area contributed by atoms with E-state index in [1.807, 2.05) is 58.2 Å². The lowest BCUT2D eigenvalue weighted by Gasteiger charge is -2.19. The lowest BCUT2D eigenvalue weighted by molar-refractivity contribution is -0.128. The Morgan fingerprint density at radius 2 is 2.12 bits per heavy atom. The molecular weight excluding hydrogens is 368 g/mol. The van der Waals surface area contributed by atoms with Gasteiger partial charge in [-0.05, 0) is 42.6 Å². The number of ether oxygens (including phenoxy) is 1. The third-order valence-corrected chi connectivity index (χ3v) is 5.64. The summed E-state index contributed by atoms with van der Waals surface area (Å²) in [4.78, 5) is 15.6. The minimum Gasteiger partial charge on any atom is -0.497 e. The molecule has 0 atom stereocenters. The number of benzene rings is 1. The summed E-state index contributed by atoms with van der Waals surface area (Å²) in [6.45, 7) is 3.33. The first-order valence-electron chi connectivity index (χ1n) is 8.18. The molecule has 0 saturated heterocycles. The van der Waals surface area contributed by atoms with Crippen molar-refractivity contribution in [1.29, 1.82) is 0 Å². The monoisotopic (exact) mass is 388 g/mol. The van der Waals surface area contributed by atoms with Crippen molar-refractivity contribution in [3.05, 3.63) is 53.0 Å². The average molecular weight is 389 g/mol. The van der Waals surface area contributed by atoms with E-state index in [1.165, 1.54) is 16.6 Å². The predicted octanol–water partition coefficient (Wildman–Crippen LogP) is 3.48. The Kier molecular flexibility index (Phi) is 6.30. The molecular formula is C18H20N4O2S2. The number of hydrogen-bond donors (Lipinski definition) is 0. The number of rotatable bonds is 8. The Hall–Kier alpha value is -2.32. The van der Waals surface area contributed by atoms with Gasteiger partial charge in [0, 0.05) is 17.1 Å². The fourth-order valence-corrected chi connectivity index (χ4v) is 3.98. The number of thioether (sulfide) groups is 1. The number of carbonyl (C=O) groups is 1. The fourth-order valence-electron chi connectivity index (χ4n) is 2.43. The van der Waals surface area contributed by atoms with Crippen LogP contribution in [0.15, 0.2) is 53.3 Å². The molecule has 1 amide bonds. The summed E-state index contributed by atoms with van der Waals surface area (Å²) in [6, 6.07) is 11.7. The topological polar surface area (TPSA) is 60.2 Å². The van der Waals surface area contributed by atoms with Gasteiger partial charge in [-0.1, -0.05) is 17.8 Å². The summed E-state index contributed by atoms with van der Waals surface area (Å²) < 4.78 is 7.05. The highest BCUT2D eigenvalue weighted by atomic mass is 32.2. The van der Waals surface area contributed by atoms with E-state index in [0.29, 0.717) is 24.0 Å². The standard InChI is InChI=1S/C18H20N4O2S2/c1-3-21(11-16-5-4-10-25-16)17(23)12-26-18-20-19-13-22(18)14-6-8-15(24-2)9-7-14/h4-10,13H,3,11-12H2,1-2H3. The SMILES string of the molecule is CCN(Cc1cccs1)C(=O)CSc1nncn1-c1ccc(OC)cc1. The summed E-state index contributed by atoms with van der Waals surface area (Å²) >= 11 is 3.06. The zero-order valence-electron chi connectivity index (χ0n) is 14.7. The van der Waals surface area contributed by atoms with Crippen molar-refractivity contribution in [2.24, 2.45) is 0 Å². The second-order valence-corrected chi connectivity index (χ2v) is 7.43. The Balaban J connectivity index is 1.64. The van der Waals surface area contributed by atoms with Crippen LogP contribution in [0.3, 0.4) is 0 Å². The van der Waals surface area contributed by atoms with E-state index in [1.54, 1.807) is 24.8 Å². The molecule has 0 aliphatic carbocycles. The van der Waals surface area contributed by atoms with Crippen LogP contribution in [0, 0.1) is 0 Å². The van der Waals surface area contributed by atoms with E-state index < -0.39 is 0 Å². The van der Waals surface area contributed by atoms with E-state index in [4.69, 9.17) is 4.74 Å². The molecule has 136 valence electrons. The molecule has 0 unspecified atom stereocenters. The number of thiophene rings is 1. The van der Waals surface area contributed by atoms with E-state index >= 15 is 0 Å². The van der Waals surface area contributed by atoms with Crippen LogP contribution in [0.5, 0.6) is 5.75 Å². The van der Waals surface area contributed by atoms with Gasteiger partial charge < -0.3 is 9.64 Å². The average Bonchev–Trinajstić information content (AvgIpc) is 3.36. The minimum atomic E-state index is 0.0928. The molecule has 0 saturated carbocycles. The third-order valence-electron chi connectivity index (χ3n) is 3.85. The summed E-state index contributed by atoms with van der Waals surface area (Å²) in [6.07, 6.45) is 1.65. The molecule has 0 fully saturated rings. The number of carbonyl (C=O) groups excluding carboxylic acids is 1. The molecule has 6 nitrogen and oxygen atoms in total. The number of hydrogen-bond acceptors (Lipinski definition) is 6. The molecule has 0 N–H and O–H groups in total. The summed E-state index contributed by atoms with van der Waals surface area (Å²) in [5, 5.41) is 10.8. The van der Waals surface area contributed by atoms with Gasteiger partial charge in [0.15, 0.2) is 5.16 Å². The van der Waals surface area contributed by atoms with Gasteiger partial charge in [0.05, 0.1) is 19.4 Å². The van der Waals surface area contributed by atoms with Gasteiger partial charge in [-0.2, -0.15) is 0 Å². The fraction of sp³-hybridized carbons (Fsp3) is 0.278. The molecule has 26 heavy (non-hydrogen) atoms. The summed E-state index contributed by atoms with van der Waals surface area (Å²) in [5.74, 6) is 1.21. The van der Waals surface area contributed by atoms with E-state index in [2.05, 4.69) is 10.2 Å². The lowest BCUT2D eigenvalue weighted by Crippen LogP contribution is -2.31. The molecule has 0 aliphatic heterocycles. The van der Waals surface area contributed by atoms with Crippen molar-refractivity contribution in [2.75, 3.05) is 19.4 Å². The zero-order chi connectivity index (χ0) is 18.4. The molecule has 0 spiro atoms. The minimum absolute atomic E-state index is 0.0928. The smallest absolute Gasteiger partial charge is 0.233 e. The Labute approximate surface area is 160 Å². The van der Waals surface area contributed by atoms with Crippen molar-refractivity contribution in [2.45, 2.75) is 18.6 Å². The second kappa shape index (κ2) is 8.86. The van der Waals surface area contributed by atoms with Crippen LogP contribution in [0.2, 0.25) is 0 Å². The first-order chi connectivity index (χ1) is 12.7. The van der Waals surface area contributed by atoms with Crippen molar-refractivity contribution in [3.63, 3.8) is 0 Å². The van der Waals surface area contributed by atoms with Crippen LogP contribution in [0.25, 0.3) is 5.69 Å². The maximum atomic E-state index is 12.6. The van der Waals surface area contributed by atoms with Gasteiger partial charge in [-0.25, -0.2) is 0 Å². The van der Waals surface area contributed by atoms with Crippen LogP contribution in [0.1, 0.15) is 11.8 Å². The van der Waals surface area contributed by atoms with Gasteiger partial charge in [-0.3, -0.25) is 9.36 Å². The Bertz CT molecular complexity index is 831. The second-order valence-electron chi connectivity index (χ2n) is 5.46. The molecule has 0 bridgehead atoms. The van der Waals surface area contributed by atoms with E-state index in [9.17, 15) is 4.79 Å². The Morgan fingerprint density at radius 1 is 1.31 bits per heavy atom. The van der Waals surface area contributed by atoms with Crippen molar-refractivity contribution in [3.8, 4) is 11.4 Å². The zero-order valence-corrected chi connectivity index (χ0v) is 16.3. The molecule has 1 aromatic carbocycles. The van der Waals surface area contributed by atoms with Crippen LogP contribution < -0.4 is 4.74 Å². The molecule has 8 heteroatoms. The first-order valence-corrected chi connectivity index (χ1v) is 10.0. The van der Waals surface area contributed by atoms with Crippen LogP contribution in [-0.2, 0) is 11.3 Å². The first kappa shape index (κ1) is 18.5. The molecule has 2 aromatic heterocycles. The Morgan fingerprint density at radius 3 is 2.77 bits per heavy atom. The maximum Gasteiger partial charge on any atom is 0.233 e. The normalized spacial score (nSPS) is 10.7. The van der Waals surface area contributed by atoms with E-state index in [-0.39, 0.29) is 5.91 Å². The van der Waals surface area contributed by atoms with Gasteiger partial charge in [0.1, 0.15) is 12.1 Å². The highest BCUT2D eigenvalue weighted by Gasteiger charge is 2.15. The highest BCUT2D eigenvalue weighted by molar-refractivity contribution is 7.99. The van der Waals surface area contributed by atoms with Crippen molar-refractivity contribution in [1.82, 2.24) is 19.7 Å². The molecule has 3 aromatic rings. The maximum absolute atomic E-state index is 12.6. The van der Waals surface area contributed by atoms with Crippen LogP contribution in [0.4, 0.5) is 0 Å². The number of methoxy groups -OCH3 is 1. The molecule has 3 rings (SSSR count). The number of aromatic nitrogens is 3. The van der Waals surface area contributed by atoms with Crippen LogP contribution in [-0.4, -0.2) is 45.0 Å². The molecule has 0 aliphatic rings. The third kappa shape index (κ3) is 4.44. The largest absolute Gasteiger partial charge is 0.497 e. The van der Waals surface area contributed by atoms with Crippen molar-refractivity contribution < 1.29 is 9.53 Å². The van der Waals surface area contributed by atoms with Gasteiger partial charge in [0.25, 0.3) is 0 Å². The van der Waals surface area contributed by atoms with Gasteiger partial charge in [-0.15, -0.1) is 21.5 Å². The van der Waals surface area contributed by atoms with Crippen LogP contribution >= 0.6 is 23.1 Å². The number of nitrogens with zero attached hydrogens (tertiary/aromatic N) is 4. The van der Waals surface area contributed by atoms with Gasteiger partial charge in [0.2, 0.25) is 5.91 Å². The highest BCUT2D eigenvalue weighted by Crippen LogP contribution is 2.22. The summed E-state index contributed by atoms with van der Waals surface area (Å²) in [7, 11) is 1.64. The van der Waals surface area contributed by atoms with Crippen molar-refractivity contribution >= 4 is 29.0 Å². The lowest BCUT2D eigenvalue weighted by atomic mass is 10.3. The molecule has 0 radical (unpaired) electrons. The molecule has 2 heterocycles. The predicted molar refractivity (Wildman–Crippen MR) is 104 cm³/mol. The van der Waals surface area contributed by atoms with E-state index in [0.717, 1.165) is 11.4 Å². The summed E-state index contributed by atoms with van der Waals surface area (Å²) in [5.41, 5.74) is 0.927.